The van der Waals surface area contributed by atoms with Gasteiger partial charge in [0.2, 0.25) is 0 Å². The van der Waals surface area contributed by atoms with Crippen LogP contribution in [0.1, 0.15) is 28.8 Å². The Morgan fingerprint density at radius 2 is 1.44 bits per heavy atom. The van der Waals surface area contributed by atoms with Crippen molar-refractivity contribution in [3.63, 3.8) is 0 Å². The lowest BCUT2D eigenvalue weighted by Gasteiger charge is -2.32. The lowest BCUT2D eigenvalue weighted by molar-refractivity contribution is 0.0909. The van der Waals surface area contributed by atoms with Crippen LogP contribution in [0.25, 0.3) is 0 Å². The molecular weight excluding hydrogens is 422 g/mol. The molecular formula is C25H27N3O3S. The Bertz CT molecular complexity index is 1130. The van der Waals surface area contributed by atoms with E-state index in [0.717, 1.165) is 32.5 Å². The van der Waals surface area contributed by atoms with E-state index in [1.54, 1.807) is 42.5 Å². The normalized spacial score (nSPS) is 15.2. The van der Waals surface area contributed by atoms with Crippen molar-refractivity contribution in [3.05, 3.63) is 96.1 Å². The smallest absolute Gasteiger partial charge is 0.261 e. The summed E-state index contributed by atoms with van der Waals surface area (Å²) in [6.07, 6.45) is 1.82. The van der Waals surface area contributed by atoms with Gasteiger partial charge in [-0.25, -0.2) is 8.42 Å². The van der Waals surface area contributed by atoms with Crippen LogP contribution in [-0.2, 0) is 16.6 Å². The largest absolute Gasteiger partial charge is 0.349 e. The third-order valence-corrected chi connectivity index (χ3v) is 7.02. The number of anilines is 1. The first kappa shape index (κ1) is 22.0. The van der Waals surface area contributed by atoms with Gasteiger partial charge in [-0.2, -0.15) is 0 Å². The molecule has 3 aromatic rings. The zero-order valence-electron chi connectivity index (χ0n) is 17.8. The Balaban J connectivity index is 1.28. The van der Waals surface area contributed by atoms with Crippen molar-refractivity contribution >= 4 is 21.6 Å². The van der Waals surface area contributed by atoms with Crippen LogP contribution in [-0.4, -0.2) is 38.4 Å². The molecule has 0 aromatic heterocycles. The van der Waals surface area contributed by atoms with E-state index in [-0.39, 0.29) is 16.8 Å². The second-order valence-electron chi connectivity index (χ2n) is 8.01. The first-order chi connectivity index (χ1) is 15.5. The van der Waals surface area contributed by atoms with Crippen LogP contribution in [0, 0.1) is 0 Å². The summed E-state index contributed by atoms with van der Waals surface area (Å²) < 4.78 is 27.4. The van der Waals surface area contributed by atoms with Gasteiger partial charge in [-0.15, -0.1) is 0 Å². The van der Waals surface area contributed by atoms with Crippen molar-refractivity contribution in [3.8, 4) is 0 Å². The molecule has 0 atom stereocenters. The lowest BCUT2D eigenvalue weighted by Crippen LogP contribution is -2.44. The molecule has 0 radical (unpaired) electrons. The van der Waals surface area contributed by atoms with Crippen LogP contribution in [0.15, 0.2) is 89.8 Å². The predicted molar refractivity (Wildman–Crippen MR) is 126 cm³/mol. The predicted octanol–water partition coefficient (Wildman–Crippen LogP) is 3.88. The van der Waals surface area contributed by atoms with Gasteiger partial charge < -0.3 is 5.32 Å². The number of nitrogens with zero attached hydrogens (tertiary/aromatic N) is 1. The minimum atomic E-state index is -3.65. The van der Waals surface area contributed by atoms with Gasteiger partial charge in [0.25, 0.3) is 15.9 Å². The Morgan fingerprint density at radius 3 is 2.06 bits per heavy atom. The van der Waals surface area contributed by atoms with Crippen LogP contribution >= 0.6 is 0 Å². The maximum atomic E-state index is 12.6. The van der Waals surface area contributed by atoms with Crippen LogP contribution in [0.2, 0.25) is 0 Å². The molecule has 1 aliphatic rings. The van der Waals surface area contributed by atoms with E-state index in [1.165, 1.54) is 17.7 Å². The molecule has 0 aliphatic carbocycles. The highest BCUT2D eigenvalue weighted by Gasteiger charge is 2.21. The molecule has 1 saturated heterocycles. The van der Waals surface area contributed by atoms with E-state index in [4.69, 9.17) is 0 Å². The summed E-state index contributed by atoms with van der Waals surface area (Å²) in [5.41, 5.74) is 2.23. The number of nitrogens with one attached hydrogen (secondary N) is 2. The molecule has 166 valence electrons. The van der Waals surface area contributed by atoms with Crippen LogP contribution in [0.5, 0.6) is 0 Å². The second kappa shape index (κ2) is 9.97. The second-order valence-corrected chi connectivity index (χ2v) is 9.69. The third-order valence-electron chi connectivity index (χ3n) is 5.62. The number of amides is 1. The summed E-state index contributed by atoms with van der Waals surface area (Å²) in [6, 6.07) is 25.2. The standard InChI is InChI=1S/C25H27N3O3S/c29-25(26-22-15-17-28(18-16-22)19-20-7-3-1-4-8-20)21-11-13-23(14-12-21)27-32(30,31)24-9-5-2-6-10-24/h1-14,22,27H,15-19H2,(H,26,29). The first-order valence-corrected chi connectivity index (χ1v) is 12.2. The van der Waals surface area contributed by atoms with Gasteiger partial charge in [0, 0.05) is 36.9 Å². The third kappa shape index (κ3) is 5.75. The van der Waals surface area contributed by atoms with Gasteiger partial charge in [0.1, 0.15) is 0 Å². The zero-order valence-corrected chi connectivity index (χ0v) is 18.6. The molecule has 2 N–H and O–H groups in total. The van der Waals surface area contributed by atoms with Gasteiger partial charge in [-0.1, -0.05) is 48.5 Å². The SMILES string of the molecule is O=C(NC1CCN(Cc2ccccc2)CC1)c1ccc(NS(=O)(=O)c2ccccc2)cc1. The molecule has 3 aromatic carbocycles. The van der Waals surface area contributed by atoms with Gasteiger partial charge in [0.05, 0.1) is 4.90 Å². The molecule has 0 saturated carbocycles. The summed E-state index contributed by atoms with van der Waals surface area (Å²) in [5.74, 6) is -0.135. The lowest BCUT2D eigenvalue weighted by atomic mass is 10.0. The highest BCUT2D eigenvalue weighted by Crippen LogP contribution is 2.18. The van der Waals surface area contributed by atoms with E-state index in [0.29, 0.717) is 11.3 Å². The summed E-state index contributed by atoms with van der Waals surface area (Å²) in [4.78, 5) is 15.2. The fraction of sp³-hybridized carbons (Fsp3) is 0.240. The van der Waals surface area contributed by atoms with Crippen molar-refractivity contribution < 1.29 is 13.2 Å². The van der Waals surface area contributed by atoms with E-state index < -0.39 is 10.0 Å². The average Bonchev–Trinajstić information content (AvgIpc) is 2.82. The molecule has 0 bridgehead atoms. The van der Waals surface area contributed by atoms with E-state index >= 15 is 0 Å². The minimum absolute atomic E-state index is 0.135. The Kier molecular flexibility index (Phi) is 6.87. The molecule has 1 amide bonds. The van der Waals surface area contributed by atoms with Gasteiger partial charge in [-0.3, -0.25) is 14.4 Å². The minimum Gasteiger partial charge on any atom is -0.349 e. The topological polar surface area (TPSA) is 78.5 Å². The highest BCUT2D eigenvalue weighted by molar-refractivity contribution is 7.92. The van der Waals surface area contributed by atoms with Gasteiger partial charge in [-0.05, 0) is 54.8 Å². The molecule has 32 heavy (non-hydrogen) atoms. The molecule has 4 rings (SSSR count). The number of carbonyl (C=O) groups excluding carboxylic acids is 1. The zero-order chi connectivity index (χ0) is 22.4. The number of sulfonamides is 1. The van der Waals surface area contributed by atoms with Gasteiger partial charge >= 0.3 is 0 Å². The van der Waals surface area contributed by atoms with Crippen molar-refractivity contribution in [2.45, 2.75) is 30.3 Å². The number of carbonyl (C=O) groups is 1. The van der Waals surface area contributed by atoms with Crippen LogP contribution < -0.4 is 10.0 Å². The number of piperidine rings is 1. The Hall–Kier alpha value is -3.16. The fourth-order valence-electron chi connectivity index (χ4n) is 3.85. The number of rotatable bonds is 7. The molecule has 1 aliphatic heterocycles. The van der Waals surface area contributed by atoms with Crippen LogP contribution in [0.4, 0.5) is 5.69 Å². The molecule has 1 heterocycles. The highest BCUT2D eigenvalue weighted by atomic mass is 32.2. The Labute approximate surface area is 189 Å². The van der Waals surface area contributed by atoms with Crippen molar-refractivity contribution in [2.75, 3.05) is 17.8 Å². The average molecular weight is 450 g/mol. The summed E-state index contributed by atoms with van der Waals surface area (Å²) in [5, 5.41) is 3.11. The Morgan fingerprint density at radius 1 is 0.844 bits per heavy atom. The fourth-order valence-corrected chi connectivity index (χ4v) is 4.93. The van der Waals surface area contributed by atoms with Crippen LogP contribution in [0.3, 0.4) is 0 Å². The number of benzene rings is 3. The van der Waals surface area contributed by atoms with Gasteiger partial charge in [0.15, 0.2) is 0 Å². The number of likely N-dealkylation sites (tertiary alicyclic amines) is 1. The first-order valence-electron chi connectivity index (χ1n) is 10.7. The summed E-state index contributed by atoms with van der Waals surface area (Å²) in [7, 11) is -3.65. The number of hydrogen-bond acceptors (Lipinski definition) is 4. The number of hydrogen-bond donors (Lipinski definition) is 2. The maximum absolute atomic E-state index is 12.6. The van der Waals surface area contributed by atoms with E-state index in [9.17, 15) is 13.2 Å². The summed E-state index contributed by atoms with van der Waals surface area (Å²) in [6.45, 7) is 2.82. The maximum Gasteiger partial charge on any atom is 0.261 e. The molecule has 1 fully saturated rings. The van der Waals surface area contributed by atoms with Crippen molar-refractivity contribution in [1.82, 2.24) is 10.2 Å². The summed E-state index contributed by atoms with van der Waals surface area (Å²) >= 11 is 0. The van der Waals surface area contributed by atoms with E-state index in [2.05, 4.69) is 39.2 Å². The molecule has 6 nitrogen and oxygen atoms in total. The molecule has 0 unspecified atom stereocenters. The molecule has 0 spiro atoms. The van der Waals surface area contributed by atoms with Crippen molar-refractivity contribution in [2.24, 2.45) is 0 Å². The van der Waals surface area contributed by atoms with Crippen molar-refractivity contribution in [1.29, 1.82) is 0 Å². The van der Waals surface area contributed by atoms with E-state index in [1.807, 2.05) is 6.07 Å². The quantitative estimate of drug-likeness (QED) is 0.574. The molecule has 7 heteroatoms. The monoisotopic (exact) mass is 449 g/mol.